The number of halogens is 1. The summed E-state index contributed by atoms with van der Waals surface area (Å²) in [6.45, 7) is 3.86. The van der Waals surface area contributed by atoms with E-state index in [-0.39, 0.29) is 22.4 Å². The normalized spacial score (nSPS) is 11.3. The highest BCUT2D eigenvalue weighted by Gasteiger charge is 2.28. The summed E-state index contributed by atoms with van der Waals surface area (Å²) in [5, 5.41) is 0.160. The van der Waals surface area contributed by atoms with Crippen molar-refractivity contribution < 1.29 is 13.2 Å². The molecule has 0 aliphatic heterocycles. The lowest BCUT2D eigenvalue weighted by molar-refractivity contribution is 0.396. The smallest absolute Gasteiger partial charge is 0.268 e. The van der Waals surface area contributed by atoms with Crippen molar-refractivity contribution in [2.24, 2.45) is 0 Å². The first kappa shape index (κ1) is 17.5. The van der Waals surface area contributed by atoms with E-state index in [2.05, 4.69) is 9.97 Å². The number of aryl methyl sites for hydroxylation is 1. The first-order valence-corrected chi connectivity index (χ1v) is 8.89. The molecule has 0 fully saturated rings. The van der Waals surface area contributed by atoms with Gasteiger partial charge in [-0.3, -0.25) is 0 Å². The Labute approximate surface area is 141 Å². The summed E-state index contributed by atoms with van der Waals surface area (Å²) >= 11 is 6.06. The summed E-state index contributed by atoms with van der Waals surface area (Å²) in [4.78, 5) is 8.42. The predicted octanol–water partition coefficient (Wildman–Crippen LogP) is 3.05. The molecule has 8 heteroatoms. The van der Waals surface area contributed by atoms with Crippen LogP contribution in [0.1, 0.15) is 19.0 Å². The van der Waals surface area contributed by atoms with Crippen LogP contribution in [0.4, 0.5) is 5.95 Å². The third-order valence-corrected chi connectivity index (χ3v) is 5.36. The van der Waals surface area contributed by atoms with Crippen molar-refractivity contribution in [1.29, 1.82) is 0 Å². The predicted molar refractivity (Wildman–Crippen MR) is 89.6 cm³/mol. The molecule has 124 valence electrons. The maximum Gasteiger partial charge on any atom is 0.268 e. The van der Waals surface area contributed by atoms with Gasteiger partial charge in [0.1, 0.15) is 4.90 Å². The maximum absolute atomic E-state index is 13.0. The fraction of sp³-hybridized carbons (Fsp3) is 0.333. The number of aromatic nitrogens is 2. The van der Waals surface area contributed by atoms with E-state index in [0.29, 0.717) is 18.0 Å². The van der Waals surface area contributed by atoms with Crippen molar-refractivity contribution in [3.05, 3.63) is 41.0 Å². The van der Waals surface area contributed by atoms with Gasteiger partial charge in [-0.15, -0.1) is 0 Å². The van der Waals surface area contributed by atoms with E-state index in [1.807, 2.05) is 6.92 Å². The van der Waals surface area contributed by atoms with Gasteiger partial charge in [-0.1, -0.05) is 30.7 Å². The highest BCUT2D eigenvalue weighted by molar-refractivity contribution is 7.93. The number of hydrogen-bond acceptors (Lipinski definition) is 5. The summed E-state index contributed by atoms with van der Waals surface area (Å²) in [5.74, 6) is 0.381. The Morgan fingerprint density at radius 1 is 1.26 bits per heavy atom. The van der Waals surface area contributed by atoms with Crippen molar-refractivity contribution in [2.75, 3.05) is 18.0 Å². The first-order valence-electron chi connectivity index (χ1n) is 7.07. The molecule has 1 heterocycles. The van der Waals surface area contributed by atoms with Crippen LogP contribution in [0.3, 0.4) is 0 Å². The molecule has 23 heavy (non-hydrogen) atoms. The van der Waals surface area contributed by atoms with Crippen molar-refractivity contribution in [3.63, 3.8) is 0 Å². The molecule has 0 spiro atoms. The fourth-order valence-electron chi connectivity index (χ4n) is 2.04. The number of anilines is 1. The number of nitrogens with zero attached hydrogens (tertiary/aromatic N) is 3. The van der Waals surface area contributed by atoms with Crippen molar-refractivity contribution in [2.45, 2.75) is 25.2 Å². The highest BCUT2D eigenvalue weighted by atomic mass is 35.5. The molecular formula is C15H18ClN3O3S. The molecule has 0 radical (unpaired) electrons. The Morgan fingerprint density at radius 3 is 2.57 bits per heavy atom. The van der Waals surface area contributed by atoms with E-state index < -0.39 is 10.0 Å². The second-order valence-electron chi connectivity index (χ2n) is 4.86. The van der Waals surface area contributed by atoms with Crippen LogP contribution >= 0.6 is 11.6 Å². The molecule has 1 aromatic heterocycles. The molecule has 0 bridgehead atoms. The number of ether oxygens (including phenoxy) is 1. The number of benzene rings is 1. The molecule has 6 nitrogen and oxygen atoms in total. The van der Waals surface area contributed by atoms with Gasteiger partial charge in [-0.05, 0) is 25.5 Å². The molecule has 0 atom stereocenters. The van der Waals surface area contributed by atoms with Gasteiger partial charge in [-0.25, -0.2) is 17.7 Å². The van der Waals surface area contributed by atoms with Crippen LogP contribution < -0.4 is 9.04 Å². The van der Waals surface area contributed by atoms with Crippen LogP contribution in [-0.2, 0) is 10.0 Å². The van der Waals surface area contributed by atoms with Crippen LogP contribution in [0.5, 0.6) is 5.88 Å². The lowest BCUT2D eigenvalue weighted by Crippen LogP contribution is -2.33. The molecule has 0 saturated heterocycles. The SMILES string of the molecule is CCCN(c1nc(C)cc(OC)n1)S(=O)(=O)c1ccccc1Cl. The fourth-order valence-corrected chi connectivity index (χ4v) is 3.99. The van der Waals surface area contributed by atoms with E-state index in [1.54, 1.807) is 25.1 Å². The highest BCUT2D eigenvalue weighted by Crippen LogP contribution is 2.27. The number of rotatable bonds is 6. The standard InChI is InChI=1S/C15H18ClN3O3S/c1-4-9-19(15-17-11(2)10-14(18-15)22-3)23(20,21)13-8-6-5-7-12(13)16/h5-8,10H,4,9H2,1-3H3. The second kappa shape index (κ2) is 7.14. The van der Waals surface area contributed by atoms with Gasteiger partial charge in [0.25, 0.3) is 10.0 Å². The monoisotopic (exact) mass is 355 g/mol. The van der Waals surface area contributed by atoms with Crippen molar-refractivity contribution >= 4 is 27.6 Å². The molecule has 0 aliphatic rings. The summed E-state index contributed by atoms with van der Waals surface area (Å²) in [6, 6.07) is 7.94. The van der Waals surface area contributed by atoms with Crippen LogP contribution in [0.15, 0.2) is 35.2 Å². The van der Waals surface area contributed by atoms with E-state index in [4.69, 9.17) is 16.3 Å². The zero-order valence-corrected chi connectivity index (χ0v) is 14.7. The molecule has 0 unspecified atom stereocenters. The molecule has 2 rings (SSSR count). The van der Waals surface area contributed by atoms with Gasteiger partial charge in [0.15, 0.2) is 0 Å². The van der Waals surface area contributed by atoms with Crippen LogP contribution in [0.2, 0.25) is 5.02 Å². The number of methoxy groups -OCH3 is 1. The summed E-state index contributed by atoms with van der Waals surface area (Å²) < 4.78 is 32.2. The Balaban J connectivity index is 2.58. The van der Waals surface area contributed by atoms with E-state index in [1.165, 1.54) is 19.2 Å². The topological polar surface area (TPSA) is 72.4 Å². The third-order valence-electron chi connectivity index (χ3n) is 3.08. The zero-order chi connectivity index (χ0) is 17.0. The molecule has 0 saturated carbocycles. The summed E-state index contributed by atoms with van der Waals surface area (Å²) in [5.41, 5.74) is 0.613. The van der Waals surface area contributed by atoms with Crippen LogP contribution in [0, 0.1) is 6.92 Å². The number of hydrogen-bond donors (Lipinski definition) is 0. The van der Waals surface area contributed by atoms with Gasteiger partial charge >= 0.3 is 0 Å². The van der Waals surface area contributed by atoms with Crippen LogP contribution in [0.25, 0.3) is 0 Å². The first-order chi connectivity index (χ1) is 10.9. The van der Waals surface area contributed by atoms with Crippen molar-refractivity contribution in [3.8, 4) is 5.88 Å². The van der Waals surface area contributed by atoms with Crippen LogP contribution in [-0.4, -0.2) is 32.0 Å². The molecule has 0 amide bonds. The molecule has 0 aliphatic carbocycles. The van der Waals surface area contributed by atoms with Crippen molar-refractivity contribution in [1.82, 2.24) is 9.97 Å². The second-order valence-corrected chi connectivity index (χ2v) is 7.10. The summed E-state index contributed by atoms with van der Waals surface area (Å²) in [7, 11) is -2.40. The lowest BCUT2D eigenvalue weighted by Gasteiger charge is -2.23. The molecular weight excluding hydrogens is 338 g/mol. The Hall–Kier alpha value is -1.86. The molecule has 0 N–H and O–H groups in total. The minimum Gasteiger partial charge on any atom is -0.481 e. The Morgan fingerprint density at radius 2 is 1.96 bits per heavy atom. The minimum atomic E-state index is -3.87. The quantitative estimate of drug-likeness (QED) is 0.796. The largest absolute Gasteiger partial charge is 0.481 e. The minimum absolute atomic E-state index is 0.0270. The molecule has 1 aromatic carbocycles. The average molecular weight is 356 g/mol. The third kappa shape index (κ3) is 3.73. The number of sulfonamides is 1. The van der Waals surface area contributed by atoms with Gasteiger partial charge in [-0.2, -0.15) is 4.98 Å². The lowest BCUT2D eigenvalue weighted by atomic mass is 10.4. The van der Waals surface area contributed by atoms with E-state index >= 15 is 0 Å². The van der Waals surface area contributed by atoms with Gasteiger partial charge in [0.2, 0.25) is 11.8 Å². The zero-order valence-electron chi connectivity index (χ0n) is 13.2. The Kier molecular flexibility index (Phi) is 5.43. The van der Waals surface area contributed by atoms with E-state index in [0.717, 1.165) is 4.31 Å². The molecule has 2 aromatic rings. The Bertz CT molecular complexity index is 796. The van der Waals surface area contributed by atoms with Gasteiger partial charge in [0, 0.05) is 18.3 Å². The maximum atomic E-state index is 13.0. The van der Waals surface area contributed by atoms with Gasteiger partial charge < -0.3 is 4.74 Å². The summed E-state index contributed by atoms with van der Waals surface area (Å²) in [6.07, 6.45) is 0.600. The van der Waals surface area contributed by atoms with E-state index in [9.17, 15) is 8.42 Å². The van der Waals surface area contributed by atoms with Gasteiger partial charge in [0.05, 0.1) is 12.1 Å². The average Bonchev–Trinajstić information content (AvgIpc) is 2.51.